The number of rotatable bonds is 4. The van der Waals surface area contributed by atoms with Crippen molar-refractivity contribution in [2.24, 2.45) is 0 Å². The molecule has 7 nitrogen and oxygen atoms in total. The lowest BCUT2D eigenvalue weighted by molar-refractivity contribution is 0.592. The van der Waals surface area contributed by atoms with Gasteiger partial charge in [-0.1, -0.05) is 12.1 Å². The number of aromatic nitrogens is 3. The van der Waals surface area contributed by atoms with Gasteiger partial charge >= 0.3 is 0 Å². The van der Waals surface area contributed by atoms with E-state index >= 15 is 0 Å². The van der Waals surface area contributed by atoms with Gasteiger partial charge in [0.1, 0.15) is 17.8 Å². The maximum Gasteiger partial charge on any atom is 0.266 e. The van der Waals surface area contributed by atoms with Crippen LogP contribution in [0.5, 0.6) is 0 Å². The standard InChI is InChI=1S/C15H13N5O2S/c1-12-3-2-4-13(9-12)20(8-7-16)23(21,22)14-5-6-15-18-17-11-19(15)10-14/h2-6,9-11H,8H2,1H3. The zero-order valence-electron chi connectivity index (χ0n) is 12.3. The van der Waals surface area contributed by atoms with Gasteiger partial charge in [0, 0.05) is 6.20 Å². The lowest BCUT2D eigenvalue weighted by atomic mass is 10.2. The van der Waals surface area contributed by atoms with Gasteiger partial charge in [-0.2, -0.15) is 5.26 Å². The second-order valence-electron chi connectivity index (χ2n) is 4.97. The number of aryl methyl sites for hydroxylation is 1. The molecule has 116 valence electrons. The molecular formula is C15H13N5O2S. The van der Waals surface area contributed by atoms with E-state index in [9.17, 15) is 8.42 Å². The second kappa shape index (κ2) is 5.70. The van der Waals surface area contributed by atoms with E-state index in [-0.39, 0.29) is 11.4 Å². The van der Waals surface area contributed by atoms with Crippen molar-refractivity contribution < 1.29 is 8.42 Å². The molecule has 0 N–H and O–H groups in total. The third-order valence-corrected chi connectivity index (χ3v) is 5.11. The fourth-order valence-electron chi connectivity index (χ4n) is 2.25. The molecule has 0 saturated heterocycles. The van der Waals surface area contributed by atoms with E-state index in [0.717, 1.165) is 9.87 Å². The van der Waals surface area contributed by atoms with E-state index in [1.807, 2.05) is 19.1 Å². The Morgan fingerprint density at radius 3 is 2.87 bits per heavy atom. The van der Waals surface area contributed by atoms with Crippen LogP contribution in [-0.2, 0) is 10.0 Å². The molecule has 1 aromatic carbocycles. The quantitative estimate of drug-likeness (QED) is 0.681. The molecule has 0 amide bonds. The molecule has 0 bridgehead atoms. The van der Waals surface area contributed by atoms with Gasteiger partial charge in [0.25, 0.3) is 10.0 Å². The molecule has 3 rings (SSSR count). The lowest BCUT2D eigenvalue weighted by Crippen LogP contribution is -2.31. The molecular weight excluding hydrogens is 314 g/mol. The molecule has 0 unspecified atom stereocenters. The summed E-state index contributed by atoms with van der Waals surface area (Å²) in [5.74, 6) is 0. The molecule has 23 heavy (non-hydrogen) atoms. The predicted octanol–water partition coefficient (Wildman–Crippen LogP) is 1.76. The molecule has 0 atom stereocenters. The highest BCUT2D eigenvalue weighted by atomic mass is 32.2. The van der Waals surface area contributed by atoms with Crippen LogP contribution in [0.25, 0.3) is 5.65 Å². The van der Waals surface area contributed by atoms with Crippen LogP contribution in [-0.4, -0.2) is 29.6 Å². The van der Waals surface area contributed by atoms with E-state index < -0.39 is 10.0 Å². The van der Waals surface area contributed by atoms with Gasteiger partial charge in [0.05, 0.1) is 11.8 Å². The Balaban J connectivity index is 2.12. The number of hydrogen-bond acceptors (Lipinski definition) is 5. The highest BCUT2D eigenvalue weighted by Gasteiger charge is 2.25. The third kappa shape index (κ3) is 2.74. The van der Waals surface area contributed by atoms with E-state index in [4.69, 9.17) is 5.26 Å². The topological polar surface area (TPSA) is 91.4 Å². The van der Waals surface area contributed by atoms with Crippen molar-refractivity contribution in [3.8, 4) is 6.07 Å². The Labute approximate surface area is 133 Å². The fourth-order valence-corrected chi connectivity index (χ4v) is 3.61. The van der Waals surface area contributed by atoms with Crippen LogP contribution >= 0.6 is 0 Å². The van der Waals surface area contributed by atoms with Gasteiger partial charge in [0.15, 0.2) is 5.65 Å². The number of nitriles is 1. The van der Waals surface area contributed by atoms with E-state index in [2.05, 4.69) is 10.2 Å². The van der Waals surface area contributed by atoms with Crippen molar-refractivity contribution in [1.29, 1.82) is 5.26 Å². The van der Waals surface area contributed by atoms with Gasteiger partial charge in [-0.3, -0.25) is 8.71 Å². The highest BCUT2D eigenvalue weighted by Crippen LogP contribution is 2.24. The first-order chi connectivity index (χ1) is 11.0. The lowest BCUT2D eigenvalue weighted by Gasteiger charge is -2.22. The normalized spacial score (nSPS) is 11.3. The van der Waals surface area contributed by atoms with E-state index in [1.54, 1.807) is 24.3 Å². The summed E-state index contributed by atoms with van der Waals surface area (Å²) in [6, 6.07) is 12.0. The second-order valence-corrected chi connectivity index (χ2v) is 6.83. The average molecular weight is 327 g/mol. The zero-order chi connectivity index (χ0) is 16.4. The molecule has 3 aromatic rings. The van der Waals surface area contributed by atoms with Crippen LogP contribution < -0.4 is 4.31 Å². The van der Waals surface area contributed by atoms with Gasteiger partial charge in [-0.15, -0.1) is 10.2 Å². The Hall–Kier alpha value is -2.92. The van der Waals surface area contributed by atoms with Crippen molar-refractivity contribution in [3.05, 3.63) is 54.5 Å². The molecule has 0 saturated carbocycles. The smallest absolute Gasteiger partial charge is 0.266 e. The molecule has 0 spiro atoms. The van der Waals surface area contributed by atoms with Gasteiger partial charge in [-0.25, -0.2) is 8.42 Å². The molecule has 2 aromatic heterocycles. The summed E-state index contributed by atoms with van der Waals surface area (Å²) in [6.07, 6.45) is 2.86. The Morgan fingerprint density at radius 2 is 2.13 bits per heavy atom. The minimum atomic E-state index is -3.87. The maximum atomic E-state index is 12.9. The van der Waals surface area contributed by atoms with Gasteiger partial charge in [0.2, 0.25) is 0 Å². The summed E-state index contributed by atoms with van der Waals surface area (Å²) in [7, 11) is -3.87. The Kier molecular flexibility index (Phi) is 3.72. The number of benzene rings is 1. The summed E-state index contributed by atoms with van der Waals surface area (Å²) >= 11 is 0. The van der Waals surface area contributed by atoms with Crippen molar-refractivity contribution >= 4 is 21.4 Å². The van der Waals surface area contributed by atoms with E-state index in [0.29, 0.717) is 11.3 Å². The first kappa shape index (κ1) is 15.0. The molecule has 0 aliphatic rings. The van der Waals surface area contributed by atoms with E-state index in [1.165, 1.54) is 23.0 Å². The Bertz CT molecular complexity index is 1000. The number of nitrogens with zero attached hydrogens (tertiary/aromatic N) is 5. The summed E-state index contributed by atoms with van der Waals surface area (Å²) < 4.78 is 28.5. The van der Waals surface area contributed by atoms with Crippen molar-refractivity contribution in [1.82, 2.24) is 14.6 Å². The van der Waals surface area contributed by atoms with Crippen LogP contribution in [0.3, 0.4) is 0 Å². The molecule has 0 aliphatic heterocycles. The number of fused-ring (bicyclic) bond motifs is 1. The van der Waals surface area contributed by atoms with Crippen LogP contribution in [0.15, 0.2) is 53.8 Å². The predicted molar refractivity (Wildman–Crippen MR) is 84.3 cm³/mol. The first-order valence-electron chi connectivity index (χ1n) is 6.78. The fraction of sp³-hybridized carbons (Fsp3) is 0.133. The number of hydrogen-bond donors (Lipinski definition) is 0. The first-order valence-corrected chi connectivity index (χ1v) is 8.22. The molecule has 0 radical (unpaired) electrons. The monoisotopic (exact) mass is 327 g/mol. The minimum Gasteiger partial charge on any atom is -0.288 e. The maximum absolute atomic E-state index is 12.9. The molecule has 2 heterocycles. The van der Waals surface area contributed by atoms with Crippen molar-refractivity contribution in [2.75, 3.05) is 10.8 Å². The summed E-state index contributed by atoms with van der Waals surface area (Å²) in [6.45, 7) is 1.59. The summed E-state index contributed by atoms with van der Waals surface area (Å²) in [4.78, 5) is 0.0709. The molecule has 0 aliphatic carbocycles. The average Bonchev–Trinajstić information content (AvgIpc) is 3.00. The molecule has 0 fully saturated rings. The Morgan fingerprint density at radius 1 is 1.30 bits per heavy atom. The van der Waals surface area contributed by atoms with Crippen LogP contribution in [0, 0.1) is 18.3 Å². The van der Waals surface area contributed by atoms with Crippen LogP contribution in [0.2, 0.25) is 0 Å². The number of pyridine rings is 1. The third-order valence-electron chi connectivity index (χ3n) is 3.36. The zero-order valence-corrected chi connectivity index (χ0v) is 13.1. The van der Waals surface area contributed by atoms with Gasteiger partial charge < -0.3 is 0 Å². The van der Waals surface area contributed by atoms with Crippen LogP contribution in [0.4, 0.5) is 5.69 Å². The number of anilines is 1. The SMILES string of the molecule is Cc1cccc(N(CC#N)S(=O)(=O)c2ccc3nncn3c2)c1. The highest BCUT2D eigenvalue weighted by molar-refractivity contribution is 7.92. The minimum absolute atomic E-state index is 0.0709. The largest absolute Gasteiger partial charge is 0.288 e. The number of sulfonamides is 1. The summed E-state index contributed by atoms with van der Waals surface area (Å²) in [5, 5.41) is 16.6. The van der Waals surface area contributed by atoms with Crippen molar-refractivity contribution in [2.45, 2.75) is 11.8 Å². The van der Waals surface area contributed by atoms with Gasteiger partial charge in [-0.05, 0) is 36.8 Å². The summed E-state index contributed by atoms with van der Waals surface area (Å²) in [5.41, 5.74) is 1.91. The van der Waals surface area contributed by atoms with Crippen molar-refractivity contribution in [3.63, 3.8) is 0 Å². The van der Waals surface area contributed by atoms with Crippen LogP contribution in [0.1, 0.15) is 5.56 Å². The molecule has 8 heteroatoms.